The first-order chi connectivity index (χ1) is 12.6. The predicted molar refractivity (Wildman–Crippen MR) is 105 cm³/mol. The van der Waals surface area contributed by atoms with Crippen molar-refractivity contribution in [2.24, 2.45) is 0 Å². The SMILES string of the molecule is CN(C)c1cc(N(C)C2CCN(c3cnc4ccccc4n3)C2)ncn1. The van der Waals surface area contributed by atoms with Gasteiger partial charge in [-0.2, -0.15) is 0 Å². The molecule has 134 valence electrons. The lowest BCUT2D eigenvalue weighted by Gasteiger charge is -2.26. The van der Waals surface area contributed by atoms with Crippen molar-refractivity contribution in [1.82, 2.24) is 19.9 Å². The number of rotatable bonds is 4. The standard InChI is InChI=1S/C19H23N7/c1-24(2)17-10-18(22-13-21-17)25(3)14-8-9-26(12-14)19-11-20-15-6-4-5-7-16(15)23-19/h4-7,10-11,13-14H,8-9,12H2,1-3H3. The van der Waals surface area contributed by atoms with Gasteiger partial charge in [0, 0.05) is 46.3 Å². The van der Waals surface area contributed by atoms with Crippen LogP contribution in [0.5, 0.6) is 0 Å². The van der Waals surface area contributed by atoms with Gasteiger partial charge in [-0.25, -0.2) is 15.0 Å². The summed E-state index contributed by atoms with van der Waals surface area (Å²) in [5.74, 6) is 2.80. The van der Waals surface area contributed by atoms with Crippen LogP contribution in [-0.2, 0) is 0 Å². The minimum Gasteiger partial charge on any atom is -0.363 e. The molecular weight excluding hydrogens is 326 g/mol. The summed E-state index contributed by atoms with van der Waals surface area (Å²) in [6, 6.07) is 10.4. The number of hydrogen-bond donors (Lipinski definition) is 0. The third kappa shape index (κ3) is 3.12. The number of nitrogens with zero attached hydrogens (tertiary/aromatic N) is 7. The number of hydrogen-bond acceptors (Lipinski definition) is 7. The van der Waals surface area contributed by atoms with Crippen LogP contribution in [0.1, 0.15) is 6.42 Å². The maximum Gasteiger partial charge on any atom is 0.147 e. The number of likely N-dealkylation sites (N-methyl/N-ethyl adjacent to an activating group) is 1. The van der Waals surface area contributed by atoms with E-state index >= 15 is 0 Å². The first kappa shape index (κ1) is 16.5. The minimum atomic E-state index is 0.383. The molecule has 0 radical (unpaired) electrons. The van der Waals surface area contributed by atoms with E-state index in [1.54, 1.807) is 6.33 Å². The average molecular weight is 349 g/mol. The highest BCUT2D eigenvalue weighted by atomic mass is 15.3. The van der Waals surface area contributed by atoms with Crippen molar-refractivity contribution in [2.75, 3.05) is 48.9 Å². The zero-order chi connectivity index (χ0) is 18.1. The summed E-state index contributed by atoms with van der Waals surface area (Å²) in [7, 11) is 6.08. The van der Waals surface area contributed by atoms with E-state index in [2.05, 4.69) is 31.8 Å². The lowest BCUT2D eigenvalue weighted by molar-refractivity contribution is 0.683. The van der Waals surface area contributed by atoms with Gasteiger partial charge < -0.3 is 14.7 Å². The van der Waals surface area contributed by atoms with E-state index in [0.717, 1.165) is 48.0 Å². The van der Waals surface area contributed by atoms with Crippen LogP contribution in [0.4, 0.5) is 17.5 Å². The molecule has 0 aliphatic carbocycles. The van der Waals surface area contributed by atoms with Crippen LogP contribution in [-0.4, -0.2) is 60.2 Å². The molecule has 3 heterocycles. The van der Waals surface area contributed by atoms with E-state index in [-0.39, 0.29) is 0 Å². The Morgan fingerprint density at radius 2 is 1.77 bits per heavy atom. The van der Waals surface area contributed by atoms with E-state index in [1.165, 1.54) is 0 Å². The highest BCUT2D eigenvalue weighted by molar-refractivity contribution is 5.75. The smallest absolute Gasteiger partial charge is 0.147 e. The Hall–Kier alpha value is -2.96. The lowest BCUT2D eigenvalue weighted by atomic mass is 10.2. The lowest BCUT2D eigenvalue weighted by Crippen LogP contribution is -2.35. The normalized spacial score (nSPS) is 16.9. The third-order valence-corrected chi connectivity index (χ3v) is 4.93. The number of para-hydroxylation sites is 2. The van der Waals surface area contributed by atoms with Gasteiger partial charge in [-0.15, -0.1) is 0 Å². The van der Waals surface area contributed by atoms with Gasteiger partial charge in [0.25, 0.3) is 0 Å². The average Bonchev–Trinajstić information content (AvgIpc) is 3.17. The minimum absolute atomic E-state index is 0.383. The van der Waals surface area contributed by atoms with Gasteiger partial charge in [-0.1, -0.05) is 12.1 Å². The maximum absolute atomic E-state index is 4.77. The summed E-state index contributed by atoms with van der Waals surface area (Å²) in [5.41, 5.74) is 1.87. The van der Waals surface area contributed by atoms with Gasteiger partial charge in [-0.05, 0) is 18.6 Å². The molecule has 3 aromatic rings. The molecule has 1 aliphatic rings. The molecule has 0 bridgehead atoms. The fourth-order valence-electron chi connectivity index (χ4n) is 3.33. The first-order valence-electron chi connectivity index (χ1n) is 8.81. The van der Waals surface area contributed by atoms with Crippen LogP contribution < -0.4 is 14.7 Å². The monoisotopic (exact) mass is 349 g/mol. The molecule has 0 N–H and O–H groups in total. The number of fused-ring (bicyclic) bond motifs is 1. The quantitative estimate of drug-likeness (QED) is 0.715. The number of anilines is 3. The Labute approximate surface area is 153 Å². The summed E-state index contributed by atoms with van der Waals surface area (Å²) in [6.45, 7) is 1.87. The molecule has 1 fully saturated rings. The number of benzene rings is 1. The van der Waals surface area contributed by atoms with Crippen LogP contribution in [0.25, 0.3) is 11.0 Å². The van der Waals surface area contributed by atoms with Crippen LogP contribution >= 0.6 is 0 Å². The molecule has 7 heteroatoms. The Morgan fingerprint density at radius 1 is 1.00 bits per heavy atom. The van der Waals surface area contributed by atoms with Crippen molar-refractivity contribution < 1.29 is 0 Å². The van der Waals surface area contributed by atoms with Crippen molar-refractivity contribution >= 4 is 28.5 Å². The van der Waals surface area contributed by atoms with E-state index in [0.29, 0.717) is 6.04 Å². The van der Waals surface area contributed by atoms with Crippen molar-refractivity contribution in [2.45, 2.75) is 12.5 Å². The molecule has 1 unspecified atom stereocenters. The second kappa shape index (κ2) is 6.74. The molecule has 1 aliphatic heterocycles. The summed E-state index contributed by atoms with van der Waals surface area (Å²) in [6.07, 6.45) is 4.56. The van der Waals surface area contributed by atoms with Crippen molar-refractivity contribution in [3.63, 3.8) is 0 Å². The molecule has 4 rings (SSSR count). The highest BCUT2D eigenvalue weighted by Gasteiger charge is 2.28. The third-order valence-electron chi connectivity index (χ3n) is 4.93. The molecule has 0 amide bonds. The topological polar surface area (TPSA) is 61.3 Å². The second-order valence-corrected chi connectivity index (χ2v) is 6.85. The largest absolute Gasteiger partial charge is 0.363 e. The molecule has 1 atom stereocenters. The van der Waals surface area contributed by atoms with Crippen molar-refractivity contribution in [1.29, 1.82) is 0 Å². The molecule has 7 nitrogen and oxygen atoms in total. The van der Waals surface area contributed by atoms with Crippen LogP contribution in [0, 0.1) is 0 Å². The Morgan fingerprint density at radius 3 is 2.58 bits per heavy atom. The van der Waals surface area contributed by atoms with E-state index in [1.807, 2.05) is 55.5 Å². The summed E-state index contributed by atoms with van der Waals surface area (Å²) < 4.78 is 0. The molecule has 26 heavy (non-hydrogen) atoms. The van der Waals surface area contributed by atoms with Gasteiger partial charge in [0.15, 0.2) is 0 Å². The molecule has 0 spiro atoms. The fourth-order valence-corrected chi connectivity index (χ4v) is 3.33. The van der Waals surface area contributed by atoms with Gasteiger partial charge in [0.05, 0.1) is 17.2 Å². The van der Waals surface area contributed by atoms with Crippen molar-refractivity contribution in [3.8, 4) is 0 Å². The number of aromatic nitrogens is 4. The molecular formula is C19H23N7. The summed E-state index contributed by atoms with van der Waals surface area (Å²) >= 11 is 0. The van der Waals surface area contributed by atoms with Gasteiger partial charge in [0.1, 0.15) is 23.8 Å². The Balaban J connectivity index is 1.51. The van der Waals surface area contributed by atoms with Crippen LogP contribution in [0.2, 0.25) is 0 Å². The highest BCUT2D eigenvalue weighted by Crippen LogP contribution is 2.25. The predicted octanol–water partition coefficient (Wildman–Crippen LogP) is 2.20. The fraction of sp³-hybridized carbons (Fsp3) is 0.368. The van der Waals surface area contributed by atoms with E-state index in [4.69, 9.17) is 4.98 Å². The Kier molecular flexibility index (Phi) is 4.28. The van der Waals surface area contributed by atoms with Gasteiger partial charge in [0.2, 0.25) is 0 Å². The zero-order valence-corrected chi connectivity index (χ0v) is 15.4. The first-order valence-corrected chi connectivity index (χ1v) is 8.81. The van der Waals surface area contributed by atoms with Crippen LogP contribution in [0.3, 0.4) is 0 Å². The van der Waals surface area contributed by atoms with Crippen molar-refractivity contribution in [3.05, 3.63) is 42.9 Å². The molecule has 2 aromatic heterocycles. The second-order valence-electron chi connectivity index (χ2n) is 6.85. The van der Waals surface area contributed by atoms with E-state index in [9.17, 15) is 0 Å². The van der Waals surface area contributed by atoms with Gasteiger partial charge in [-0.3, -0.25) is 4.98 Å². The Bertz CT molecular complexity index is 911. The van der Waals surface area contributed by atoms with Gasteiger partial charge >= 0.3 is 0 Å². The molecule has 1 saturated heterocycles. The molecule has 0 saturated carbocycles. The summed E-state index contributed by atoms with van der Waals surface area (Å²) in [4.78, 5) is 24.6. The zero-order valence-electron chi connectivity index (χ0n) is 15.4. The van der Waals surface area contributed by atoms with E-state index < -0.39 is 0 Å². The summed E-state index contributed by atoms with van der Waals surface area (Å²) in [5, 5.41) is 0. The van der Waals surface area contributed by atoms with Crippen LogP contribution in [0.15, 0.2) is 42.9 Å². The molecule has 1 aromatic carbocycles. The maximum atomic E-state index is 4.77.